The second-order valence-electron chi connectivity index (χ2n) is 7.88. The molecule has 0 aliphatic heterocycles. The van der Waals surface area contributed by atoms with Gasteiger partial charge in [0.2, 0.25) is 0 Å². The number of likely N-dealkylation sites (N-methyl/N-ethyl adjacent to an activating group) is 1. The van der Waals surface area contributed by atoms with E-state index in [1.165, 1.54) is 38.5 Å². The van der Waals surface area contributed by atoms with Crippen molar-refractivity contribution in [1.29, 1.82) is 0 Å². The Bertz CT molecular complexity index is 449. The summed E-state index contributed by atoms with van der Waals surface area (Å²) in [5, 5.41) is 0. The monoisotopic (exact) mass is 426 g/mol. The lowest BCUT2D eigenvalue weighted by Crippen LogP contribution is -2.37. The molecule has 9 heteroatoms. The molecule has 0 bridgehead atoms. The molecule has 0 rings (SSSR count). The first kappa shape index (κ1) is 29.4. The van der Waals surface area contributed by atoms with Crippen molar-refractivity contribution < 1.29 is 38.0 Å². The summed E-state index contributed by atoms with van der Waals surface area (Å²) in [6.45, 7) is 8.59. The van der Waals surface area contributed by atoms with Crippen LogP contribution in [0.5, 0.6) is 0 Å². The number of hydrogen-bond donors (Lipinski definition) is 3. The number of unbranched alkanes of at least 4 members (excludes halogenated alkanes) is 7. The Labute approximate surface area is 170 Å². The number of ether oxygens (including phenoxy) is 2. The number of rotatable bonds is 15. The van der Waals surface area contributed by atoms with Crippen molar-refractivity contribution in [3.8, 4) is 0 Å². The molecule has 0 saturated heterocycles. The summed E-state index contributed by atoms with van der Waals surface area (Å²) in [5.41, 5.74) is 0.478. The van der Waals surface area contributed by atoms with Gasteiger partial charge in [0.05, 0.1) is 34.4 Å². The van der Waals surface area contributed by atoms with E-state index in [0.717, 1.165) is 37.1 Å². The van der Waals surface area contributed by atoms with E-state index in [0.29, 0.717) is 12.2 Å². The summed E-state index contributed by atoms with van der Waals surface area (Å²) < 4.78 is 20.6. The molecule has 0 saturated carbocycles. The molecule has 0 radical (unpaired) electrons. The molecule has 0 atom stereocenters. The second kappa shape index (κ2) is 17.1. The smallest absolute Gasteiger partial charge is 0.462 e. The quantitative estimate of drug-likeness (QED) is 0.121. The van der Waals surface area contributed by atoms with Crippen LogP contribution in [0, 0.1) is 0 Å². The van der Waals surface area contributed by atoms with Crippen molar-refractivity contribution in [1.82, 2.24) is 0 Å². The van der Waals surface area contributed by atoms with Gasteiger partial charge in [-0.15, -0.1) is 0 Å². The van der Waals surface area contributed by atoms with Crippen molar-refractivity contribution >= 4 is 13.8 Å². The van der Waals surface area contributed by atoms with E-state index in [9.17, 15) is 4.79 Å². The van der Waals surface area contributed by atoms with Crippen LogP contribution in [0.3, 0.4) is 0 Å². The Morgan fingerprint density at radius 1 is 0.857 bits per heavy atom. The van der Waals surface area contributed by atoms with E-state index >= 15 is 0 Å². The van der Waals surface area contributed by atoms with Crippen molar-refractivity contribution in [2.24, 2.45) is 0 Å². The lowest BCUT2D eigenvalue weighted by molar-refractivity contribution is -0.870. The Morgan fingerprint density at radius 3 is 1.64 bits per heavy atom. The average molecular weight is 427 g/mol. The standard InChI is InChI=1S/C19H38NO3.H3O4P/c1-18(2)19(21)23-16-13-11-9-7-6-8-10-12-15-22-17-14-20(3,4)5;1-5(2,3)4/h1,6-17H2,2-5H3;(H3,1,2,3,4)/q+1;. The summed E-state index contributed by atoms with van der Waals surface area (Å²) in [6.07, 6.45) is 9.63. The van der Waals surface area contributed by atoms with E-state index in [1.54, 1.807) is 6.92 Å². The van der Waals surface area contributed by atoms with Crippen LogP contribution in [-0.4, -0.2) is 72.6 Å². The number of quaternary nitrogens is 1. The minimum Gasteiger partial charge on any atom is -0.462 e. The molecule has 0 fully saturated rings. The molecule has 0 aliphatic rings. The maximum atomic E-state index is 11.2. The van der Waals surface area contributed by atoms with Gasteiger partial charge in [-0.1, -0.05) is 45.1 Å². The maximum Gasteiger partial charge on any atom is 0.466 e. The number of nitrogens with zero attached hydrogens (tertiary/aromatic N) is 1. The molecular weight excluding hydrogens is 385 g/mol. The zero-order valence-corrected chi connectivity index (χ0v) is 19.0. The predicted molar refractivity (Wildman–Crippen MR) is 111 cm³/mol. The van der Waals surface area contributed by atoms with Crippen LogP contribution >= 0.6 is 7.82 Å². The highest BCUT2D eigenvalue weighted by Gasteiger charge is 2.05. The summed E-state index contributed by atoms with van der Waals surface area (Å²) in [5.74, 6) is -0.270. The van der Waals surface area contributed by atoms with Gasteiger partial charge in [-0.25, -0.2) is 9.36 Å². The van der Waals surface area contributed by atoms with Gasteiger partial charge in [-0.3, -0.25) is 0 Å². The average Bonchev–Trinajstić information content (AvgIpc) is 2.52. The van der Waals surface area contributed by atoms with Crippen molar-refractivity contribution in [3.05, 3.63) is 12.2 Å². The van der Waals surface area contributed by atoms with Crippen molar-refractivity contribution in [2.75, 3.05) is 47.5 Å². The number of esters is 1. The van der Waals surface area contributed by atoms with Gasteiger partial charge in [0.15, 0.2) is 0 Å². The van der Waals surface area contributed by atoms with Crippen LogP contribution in [0.4, 0.5) is 0 Å². The largest absolute Gasteiger partial charge is 0.466 e. The fraction of sp³-hybridized carbons (Fsp3) is 0.842. The van der Waals surface area contributed by atoms with E-state index in [1.807, 2.05) is 0 Å². The third-order valence-corrected chi connectivity index (χ3v) is 3.67. The molecule has 0 aromatic rings. The summed E-state index contributed by atoms with van der Waals surface area (Å²) >= 11 is 0. The minimum absolute atomic E-state index is 0.270. The zero-order valence-electron chi connectivity index (χ0n) is 18.1. The summed E-state index contributed by atoms with van der Waals surface area (Å²) in [7, 11) is 1.93. The van der Waals surface area contributed by atoms with Crippen LogP contribution in [0.15, 0.2) is 12.2 Å². The van der Waals surface area contributed by atoms with Crippen LogP contribution in [0.25, 0.3) is 0 Å². The minimum atomic E-state index is -4.64. The third kappa shape index (κ3) is 32.9. The fourth-order valence-corrected chi connectivity index (χ4v) is 2.10. The van der Waals surface area contributed by atoms with Gasteiger partial charge < -0.3 is 28.6 Å². The Balaban J connectivity index is 0. The molecule has 0 aromatic heterocycles. The molecule has 28 heavy (non-hydrogen) atoms. The topological polar surface area (TPSA) is 113 Å². The van der Waals surface area contributed by atoms with E-state index in [-0.39, 0.29) is 5.97 Å². The van der Waals surface area contributed by atoms with Crippen molar-refractivity contribution in [2.45, 2.75) is 58.3 Å². The van der Waals surface area contributed by atoms with E-state index in [4.69, 9.17) is 28.7 Å². The summed E-state index contributed by atoms with van der Waals surface area (Å²) in [6, 6.07) is 0. The van der Waals surface area contributed by atoms with Gasteiger partial charge in [-0.2, -0.15) is 0 Å². The summed E-state index contributed by atoms with van der Waals surface area (Å²) in [4.78, 5) is 32.7. The van der Waals surface area contributed by atoms with Gasteiger partial charge in [-0.05, 0) is 19.8 Å². The zero-order chi connectivity index (χ0) is 22.1. The third-order valence-electron chi connectivity index (χ3n) is 3.67. The molecule has 0 spiro atoms. The van der Waals surface area contributed by atoms with Gasteiger partial charge >= 0.3 is 13.8 Å². The molecule has 0 unspecified atom stereocenters. The number of carbonyl (C=O) groups excluding carboxylic acids is 1. The Morgan fingerprint density at radius 2 is 1.25 bits per heavy atom. The molecule has 0 aromatic carbocycles. The fourth-order valence-electron chi connectivity index (χ4n) is 2.10. The highest BCUT2D eigenvalue weighted by Crippen LogP contribution is 2.25. The normalized spacial score (nSPS) is 11.5. The Kier molecular flexibility index (Phi) is 18.0. The Hall–Kier alpha value is -0.760. The van der Waals surface area contributed by atoms with Gasteiger partial charge in [0, 0.05) is 12.2 Å². The van der Waals surface area contributed by atoms with Gasteiger partial charge in [0.1, 0.15) is 6.54 Å². The lowest BCUT2D eigenvalue weighted by Gasteiger charge is -2.23. The van der Waals surface area contributed by atoms with Crippen LogP contribution < -0.4 is 0 Å². The molecular formula is C19H41NO7P+. The molecule has 8 nitrogen and oxygen atoms in total. The SMILES string of the molecule is C=C(C)C(=O)OCCCCCCCCCCOCC[N+](C)(C)C.O=P(O)(O)O. The molecule has 0 heterocycles. The highest BCUT2D eigenvalue weighted by molar-refractivity contribution is 7.45. The first-order chi connectivity index (χ1) is 12.8. The first-order valence-electron chi connectivity index (χ1n) is 9.82. The lowest BCUT2D eigenvalue weighted by atomic mass is 10.1. The molecule has 168 valence electrons. The van der Waals surface area contributed by atoms with Crippen LogP contribution in [-0.2, 0) is 18.8 Å². The van der Waals surface area contributed by atoms with Crippen LogP contribution in [0.1, 0.15) is 58.3 Å². The van der Waals surface area contributed by atoms with Crippen LogP contribution in [0.2, 0.25) is 0 Å². The number of carbonyl (C=O) groups is 1. The molecule has 0 aliphatic carbocycles. The second-order valence-corrected chi connectivity index (χ2v) is 8.91. The van der Waals surface area contributed by atoms with E-state index < -0.39 is 7.82 Å². The van der Waals surface area contributed by atoms with Crippen molar-refractivity contribution in [3.63, 3.8) is 0 Å². The highest BCUT2D eigenvalue weighted by atomic mass is 31.2. The van der Waals surface area contributed by atoms with E-state index in [2.05, 4.69) is 27.7 Å². The maximum absolute atomic E-state index is 11.2. The molecule has 3 N–H and O–H groups in total. The first-order valence-corrected chi connectivity index (χ1v) is 11.4. The number of hydrogen-bond acceptors (Lipinski definition) is 4. The predicted octanol–water partition coefficient (Wildman–Crippen LogP) is 3.02. The van der Waals surface area contributed by atoms with Gasteiger partial charge in [0.25, 0.3) is 0 Å². The number of phosphoric acid groups is 1. The molecule has 0 amide bonds.